The molecule has 0 aromatic rings. The van der Waals surface area contributed by atoms with Gasteiger partial charge in [-0.3, -0.25) is 0 Å². The van der Waals surface area contributed by atoms with Gasteiger partial charge in [0.1, 0.15) is 6.10 Å². The molecule has 0 unspecified atom stereocenters. The maximum Gasteiger partial charge on any atom is 0.111 e. The van der Waals surface area contributed by atoms with Crippen LogP contribution in [0.1, 0.15) is 19.8 Å². The van der Waals surface area contributed by atoms with Crippen LogP contribution in [0.15, 0.2) is 0 Å². The number of hydrogen-bond acceptors (Lipinski definition) is 4. The topological polar surface area (TPSA) is 52.9 Å². The van der Waals surface area contributed by atoms with Gasteiger partial charge in [0.25, 0.3) is 0 Å². The molecule has 2 N–H and O–H groups in total. The van der Waals surface area contributed by atoms with E-state index >= 15 is 0 Å². The van der Waals surface area contributed by atoms with Gasteiger partial charge in [0, 0.05) is 12.6 Å². The zero-order valence-corrected chi connectivity index (χ0v) is 9.18. The van der Waals surface area contributed by atoms with E-state index in [1.165, 1.54) is 0 Å². The Hall–Kier alpha value is -0.160. The molecule has 4 heteroatoms. The van der Waals surface area contributed by atoms with Crippen molar-refractivity contribution in [1.82, 2.24) is 4.90 Å². The van der Waals surface area contributed by atoms with E-state index in [0.717, 1.165) is 6.42 Å². The van der Waals surface area contributed by atoms with E-state index in [1.54, 1.807) is 0 Å². The summed E-state index contributed by atoms with van der Waals surface area (Å²) in [4.78, 5) is 1.99. The highest BCUT2D eigenvalue weighted by atomic mass is 16.5. The molecular formula is C10H21NO3. The summed E-state index contributed by atoms with van der Waals surface area (Å²) in [7, 11) is 3.88. The van der Waals surface area contributed by atoms with E-state index < -0.39 is 18.3 Å². The van der Waals surface area contributed by atoms with Crippen LogP contribution in [0.5, 0.6) is 0 Å². The largest absolute Gasteiger partial charge is 0.390 e. The number of rotatable bonds is 3. The molecule has 0 aliphatic heterocycles. The minimum Gasteiger partial charge on any atom is -0.390 e. The lowest BCUT2D eigenvalue weighted by molar-refractivity contribution is -0.140. The average molecular weight is 203 g/mol. The second-order valence-electron chi connectivity index (χ2n) is 4.09. The number of likely N-dealkylation sites (N-methyl/N-ethyl adjacent to an activating group) is 1. The third-order valence-corrected chi connectivity index (χ3v) is 2.89. The van der Waals surface area contributed by atoms with Crippen LogP contribution in [-0.4, -0.2) is 60.2 Å². The number of aliphatic hydroxyl groups excluding tert-OH is 2. The molecule has 0 heterocycles. The third kappa shape index (κ3) is 2.45. The Balaban J connectivity index is 2.62. The highest BCUT2D eigenvalue weighted by Gasteiger charge is 2.38. The first-order valence-corrected chi connectivity index (χ1v) is 5.22. The summed E-state index contributed by atoms with van der Waals surface area (Å²) in [6.45, 7) is 2.40. The summed E-state index contributed by atoms with van der Waals surface area (Å²) in [6.07, 6.45) is -0.0280. The molecule has 0 aromatic carbocycles. The van der Waals surface area contributed by atoms with Gasteiger partial charge >= 0.3 is 0 Å². The first-order chi connectivity index (χ1) is 6.57. The SMILES string of the molecule is CCO[C@H]1[C@H](O)[C@@H](N(C)C)CC[C@@H]1O. The predicted octanol–water partition coefficient (Wildman–Crippen LogP) is -0.163. The molecule has 0 aromatic heterocycles. The molecule has 0 bridgehead atoms. The Bertz CT molecular complexity index is 175. The molecule has 0 amide bonds. The lowest BCUT2D eigenvalue weighted by atomic mass is 9.87. The van der Waals surface area contributed by atoms with Gasteiger partial charge in [-0.25, -0.2) is 0 Å². The molecule has 4 atom stereocenters. The van der Waals surface area contributed by atoms with E-state index in [1.807, 2.05) is 25.9 Å². The van der Waals surface area contributed by atoms with Crippen molar-refractivity contribution in [2.24, 2.45) is 0 Å². The van der Waals surface area contributed by atoms with Crippen LogP contribution >= 0.6 is 0 Å². The quantitative estimate of drug-likeness (QED) is 0.669. The van der Waals surface area contributed by atoms with Crippen molar-refractivity contribution >= 4 is 0 Å². The standard InChI is InChI=1S/C10H21NO3/c1-4-14-10-8(12)6-5-7(9(10)13)11(2)3/h7-10,12-13H,4-6H2,1-3H3/t7-,8-,9+,10+/m0/s1. The Kier molecular flexibility index (Phi) is 4.31. The Morgan fingerprint density at radius 2 is 1.93 bits per heavy atom. The van der Waals surface area contributed by atoms with Crippen molar-refractivity contribution in [3.63, 3.8) is 0 Å². The monoisotopic (exact) mass is 203 g/mol. The number of hydrogen-bond donors (Lipinski definition) is 2. The summed E-state index contributed by atoms with van der Waals surface area (Å²) in [5, 5.41) is 19.6. The first kappa shape index (κ1) is 11.9. The summed E-state index contributed by atoms with van der Waals surface area (Å²) in [5.41, 5.74) is 0. The Labute approximate surface area is 85.5 Å². The van der Waals surface area contributed by atoms with Crippen molar-refractivity contribution in [2.75, 3.05) is 20.7 Å². The van der Waals surface area contributed by atoms with Gasteiger partial charge in [0.2, 0.25) is 0 Å². The summed E-state index contributed by atoms with van der Waals surface area (Å²) < 4.78 is 5.36. The first-order valence-electron chi connectivity index (χ1n) is 5.22. The van der Waals surface area contributed by atoms with Crippen LogP contribution in [0.25, 0.3) is 0 Å². The van der Waals surface area contributed by atoms with Gasteiger partial charge in [-0.15, -0.1) is 0 Å². The van der Waals surface area contributed by atoms with Crippen LogP contribution in [0.2, 0.25) is 0 Å². The van der Waals surface area contributed by atoms with Crippen LogP contribution in [-0.2, 0) is 4.74 Å². The highest BCUT2D eigenvalue weighted by molar-refractivity contribution is 4.92. The Morgan fingerprint density at radius 3 is 2.43 bits per heavy atom. The van der Waals surface area contributed by atoms with E-state index in [4.69, 9.17) is 4.74 Å². The molecule has 0 saturated heterocycles. The molecule has 1 saturated carbocycles. The molecule has 14 heavy (non-hydrogen) atoms. The summed E-state index contributed by atoms with van der Waals surface area (Å²) in [5.74, 6) is 0. The van der Waals surface area contributed by atoms with Crippen molar-refractivity contribution in [1.29, 1.82) is 0 Å². The average Bonchev–Trinajstić information content (AvgIpc) is 2.11. The van der Waals surface area contributed by atoms with E-state index in [2.05, 4.69) is 0 Å². The van der Waals surface area contributed by atoms with Crippen molar-refractivity contribution in [2.45, 2.75) is 44.1 Å². The van der Waals surface area contributed by atoms with Gasteiger partial charge in [-0.1, -0.05) is 0 Å². The lowest BCUT2D eigenvalue weighted by Gasteiger charge is -2.40. The fraction of sp³-hybridized carbons (Fsp3) is 1.00. The minimum absolute atomic E-state index is 0.0925. The van der Waals surface area contributed by atoms with Crippen molar-refractivity contribution < 1.29 is 14.9 Å². The molecular weight excluding hydrogens is 182 g/mol. The molecule has 0 radical (unpaired) electrons. The fourth-order valence-electron chi connectivity index (χ4n) is 2.09. The normalized spacial score (nSPS) is 39.0. The molecule has 1 aliphatic rings. The van der Waals surface area contributed by atoms with Crippen LogP contribution in [0.3, 0.4) is 0 Å². The molecule has 1 fully saturated rings. The Morgan fingerprint density at radius 1 is 1.29 bits per heavy atom. The molecule has 1 aliphatic carbocycles. The van der Waals surface area contributed by atoms with Crippen molar-refractivity contribution in [3.8, 4) is 0 Å². The van der Waals surface area contributed by atoms with Gasteiger partial charge in [-0.05, 0) is 33.9 Å². The van der Waals surface area contributed by atoms with Gasteiger partial charge < -0.3 is 19.8 Å². The van der Waals surface area contributed by atoms with Crippen LogP contribution in [0.4, 0.5) is 0 Å². The molecule has 0 spiro atoms. The summed E-state index contributed by atoms with van der Waals surface area (Å²) >= 11 is 0. The van der Waals surface area contributed by atoms with Gasteiger partial charge in [0.15, 0.2) is 0 Å². The third-order valence-electron chi connectivity index (χ3n) is 2.89. The second-order valence-corrected chi connectivity index (χ2v) is 4.09. The van der Waals surface area contributed by atoms with Crippen molar-refractivity contribution in [3.05, 3.63) is 0 Å². The number of aliphatic hydroxyl groups is 2. The summed E-state index contributed by atoms with van der Waals surface area (Å²) in [6, 6.07) is 0.0925. The van der Waals surface area contributed by atoms with Crippen LogP contribution in [0, 0.1) is 0 Å². The van der Waals surface area contributed by atoms with E-state index in [0.29, 0.717) is 13.0 Å². The van der Waals surface area contributed by atoms with Gasteiger partial charge in [-0.2, -0.15) is 0 Å². The molecule has 1 rings (SSSR count). The van der Waals surface area contributed by atoms with Crippen LogP contribution < -0.4 is 0 Å². The number of ether oxygens (including phenoxy) is 1. The zero-order chi connectivity index (χ0) is 10.7. The smallest absolute Gasteiger partial charge is 0.111 e. The maximum absolute atomic E-state index is 9.97. The maximum atomic E-state index is 9.97. The molecule has 4 nitrogen and oxygen atoms in total. The molecule has 84 valence electrons. The number of nitrogens with zero attached hydrogens (tertiary/aromatic N) is 1. The lowest BCUT2D eigenvalue weighted by Crippen LogP contribution is -2.55. The second kappa shape index (κ2) is 5.07. The zero-order valence-electron chi connectivity index (χ0n) is 9.18. The fourth-order valence-corrected chi connectivity index (χ4v) is 2.09. The van der Waals surface area contributed by atoms with Gasteiger partial charge in [0.05, 0.1) is 12.2 Å². The predicted molar refractivity (Wildman–Crippen MR) is 54.1 cm³/mol. The highest BCUT2D eigenvalue weighted by Crippen LogP contribution is 2.24. The van der Waals surface area contributed by atoms with E-state index in [9.17, 15) is 10.2 Å². The van der Waals surface area contributed by atoms with E-state index in [-0.39, 0.29) is 6.04 Å². The minimum atomic E-state index is -0.589.